The predicted octanol–water partition coefficient (Wildman–Crippen LogP) is 2.36. The lowest BCUT2D eigenvalue weighted by Gasteiger charge is -2.24. The highest BCUT2D eigenvalue weighted by Crippen LogP contribution is 2.25. The van der Waals surface area contributed by atoms with Gasteiger partial charge in [0.1, 0.15) is 19.1 Å². The van der Waals surface area contributed by atoms with Crippen molar-refractivity contribution in [3.63, 3.8) is 0 Å². The summed E-state index contributed by atoms with van der Waals surface area (Å²) < 4.78 is 5.40. The Hall–Kier alpha value is -2.63. The van der Waals surface area contributed by atoms with Crippen molar-refractivity contribution in [2.24, 2.45) is 0 Å². The van der Waals surface area contributed by atoms with Gasteiger partial charge in [0.25, 0.3) is 0 Å². The van der Waals surface area contributed by atoms with Gasteiger partial charge in [-0.05, 0) is 38.0 Å². The number of ketones is 1. The fourth-order valence-electron chi connectivity index (χ4n) is 2.69. The predicted molar refractivity (Wildman–Crippen MR) is 95.0 cm³/mol. The molecule has 1 aliphatic heterocycles. The van der Waals surface area contributed by atoms with Crippen molar-refractivity contribution >= 4 is 25.2 Å². The number of amides is 1. The van der Waals surface area contributed by atoms with Crippen LogP contribution in [0.15, 0.2) is 36.5 Å². The molecule has 1 aliphatic rings. The van der Waals surface area contributed by atoms with Crippen molar-refractivity contribution in [1.29, 1.82) is 0 Å². The van der Waals surface area contributed by atoms with E-state index in [-0.39, 0.29) is 11.9 Å². The molecule has 2 aromatic rings. The number of pyridine rings is 1. The molecule has 0 fully saturated rings. The van der Waals surface area contributed by atoms with Crippen LogP contribution in [0.25, 0.3) is 0 Å². The molecule has 126 valence electrons. The third-order valence-electron chi connectivity index (χ3n) is 3.84. The van der Waals surface area contributed by atoms with Crippen molar-refractivity contribution in [3.05, 3.63) is 58.9 Å². The van der Waals surface area contributed by atoms with E-state index >= 15 is 0 Å². The highest BCUT2D eigenvalue weighted by Gasteiger charge is 2.28. The van der Waals surface area contributed by atoms with Crippen molar-refractivity contribution in [2.45, 2.75) is 39.5 Å². The van der Waals surface area contributed by atoms with Gasteiger partial charge in [-0.1, -0.05) is 29.7 Å². The summed E-state index contributed by atoms with van der Waals surface area (Å²) >= 11 is 0. The molecule has 1 aromatic heterocycles. The number of carbonyl (C=O) groups is 2. The number of fused-ring (bicyclic) bond motifs is 1. The molecule has 1 amide bonds. The van der Waals surface area contributed by atoms with Gasteiger partial charge >= 0.3 is 6.09 Å². The first-order valence-corrected chi connectivity index (χ1v) is 8.09. The Balaban J connectivity index is 1.78. The third-order valence-corrected chi connectivity index (χ3v) is 3.84. The highest BCUT2D eigenvalue weighted by atomic mass is 16.6. The second kappa shape index (κ2) is 6.35. The number of nitrogens with zero attached hydrogens (tertiary/aromatic N) is 2. The zero-order valence-corrected chi connectivity index (χ0v) is 14.6. The van der Waals surface area contributed by atoms with E-state index in [0.29, 0.717) is 29.8 Å². The average Bonchev–Trinajstić information content (AvgIpc) is 2.96. The normalized spacial score (nSPS) is 13.5. The van der Waals surface area contributed by atoms with E-state index in [1.807, 2.05) is 20.8 Å². The fraction of sp³-hybridized carbons (Fsp3) is 0.316. The van der Waals surface area contributed by atoms with Gasteiger partial charge in [0.15, 0.2) is 0 Å². The lowest BCUT2D eigenvalue weighted by atomic mass is 9.93. The van der Waals surface area contributed by atoms with Crippen LogP contribution >= 0.6 is 0 Å². The summed E-state index contributed by atoms with van der Waals surface area (Å²) in [7, 11) is 5.74. The largest absolute Gasteiger partial charge is 0.444 e. The van der Waals surface area contributed by atoms with Crippen LogP contribution in [-0.4, -0.2) is 35.2 Å². The van der Waals surface area contributed by atoms with Gasteiger partial charge in [-0.3, -0.25) is 14.7 Å². The SMILES string of the molecule is [B]c1cccc(C(=O)c2cc3c(cn2)CN(C(=O)OC(C)(C)C)C3)c1. The summed E-state index contributed by atoms with van der Waals surface area (Å²) in [5, 5.41) is 0. The Kier molecular flexibility index (Phi) is 4.37. The number of ether oxygens (including phenoxy) is 1. The maximum absolute atomic E-state index is 12.6. The number of rotatable bonds is 2. The maximum Gasteiger partial charge on any atom is 0.410 e. The van der Waals surface area contributed by atoms with Crippen molar-refractivity contribution < 1.29 is 14.3 Å². The zero-order valence-electron chi connectivity index (χ0n) is 14.6. The monoisotopic (exact) mass is 334 g/mol. The van der Waals surface area contributed by atoms with Crippen LogP contribution in [0.4, 0.5) is 4.79 Å². The Morgan fingerprint density at radius 1 is 1.16 bits per heavy atom. The van der Waals surface area contributed by atoms with Crippen LogP contribution in [0.5, 0.6) is 0 Å². The zero-order chi connectivity index (χ0) is 18.2. The molecular formula is C19H19BN2O3. The van der Waals surface area contributed by atoms with Crippen molar-refractivity contribution in [1.82, 2.24) is 9.88 Å². The molecule has 0 saturated carbocycles. The topological polar surface area (TPSA) is 59.5 Å². The van der Waals surface area contributed by atoms with Gasteiger partial charge in [-0.15, -0.1) is 0 Å². The molecule has 0 aliphatic carbocycles. The van der Waals surface area contributed by atoms with E-state index in [1.54, 1.807) is 41.4 Å². The highest BCUT2D eigenvalue weighted by molar-refractivity contribution is 6.32. The lowest BCUT2D eigenvalue weighted by molar-refractivity contribution is 0.0241. The first kappa shape index (κ1) is 17.2. The van der Waals surface area contributed by atoms with Crippen molar-refractivity contribution in [3.8, 4) is 0 Å². The van der Waals surface area contributed by atoms with Crippen molar-refractivity contribution in [2.75, 3.05) is 0 Å². The molecule has 1 aromatic carbocycles. The Morgan fingerprint density at radius 2 is 1.88 bits per heavy atom. The van der Waals surface area contributed by atoms with Crippen LogP contribution < -0.4 is 5.46 Å². The number of carbonyl (C=O) groups excluding carboxylic acids is 2. The second-order valence-corrected chi connectivity index (χ2v) is 7.13. The molecule has 5 nitrogen and oxygen atoms in total. The van der Waals surface area contributed by atoms with Crippen LogP contribution in [0.2, 0.25) is 0 Å². The minimum Gasteiger partial charge on any atom is -0.444 e. The summed E-state index contributed by atoms with van der Waals surface area (Å²) in [5.74, 6) is -0.189. The molecule has 0 bridgehead atoms. The van der Waals surface area contributed by atoms with E-state index < -0.39 is 5.60 Å². The molecule has 2 radical (unpaired) electrons. The summed E-state index contributed by atoms with van der Waals surface area (Å²) in [4.78, 5) is 30.6. The van der Waals surface area contributed by atoms with Crippen LogP contribution in [-0.2, 0) is 17.8 Å². The molecule has 0 unspecified atom stereocenters. The molecule has 0 spiro atoms. The summed E-state index contributed by atoms with van der Waals surface area (Å²) in [6.45, 7) is 6.34. The Labute approximate surface area is 148 Å². The summed E-state index contributed by atoms with van der Waals surface area (Å²) in [5.41, 5.74) is 2.66. The Bertz CT molecular complexity index is 843. The standard InChI is InChI=1S/C19H19BN2O3/c1-19(2,3)25-18(24)22-10-13-8-16(21-9-14(13)11-22)17(23)12-5-4-6-15(20)7-12/h4-9H,10-11H2,1-3H3. The Morgan fingerprint density at radius 3 is 2.56 bits per heavy atom. The molecule has 6 heteroatoms. The molecule has 0 saturated heterocycles. The minimum absolute atomic E-state index is 0.189. The van der Waals surface area contributed by atoms with E-state index in [9.17, 15) is 9.59 Å². The molecular weight excluding hydrogens is 315 g/mol. The molecule has 3 rings (SSSR count). The van der Waals surface area contributed by atoms with E-state index in [1.165, 1.54) is 0 Å². The van der Waals surface area contributed by atoms with Crippen LogP contribution in [0, 0.1) is 0 Å². The minimum atomic E-state index is -0.543. The van der Waals surface area contributed by atoms with Gasteiger partial charge in [-0.2, -0.15) is 0 Å². The van der Waals surface area contributed by atoms with Gasteiger partial charge in [0, 0.05) is 18.3 Å². The maximum atomic E-state index is 12.6. The summed E-state index contributed by atoms with van der Waals surface area (Å²) in [6, 6.07) is 8.54. The summed E-state index contributed by atoms with van der Waals surface area (Å²) in [6.07, 6.45) is 1.28. The number of hydrogen-bond acceptors (Lipinski definition) is 4. The van der Waals surface area contributed by atoms with Gasteiger partial charge in [-0.25, -0.2) is 4.79 Å². The van der Waals surface area contributed by atoms with Crippen LogP contribution in [0.3, 0.4) is 0 Å². The molecule has 2 heterocycles. The molecule has 0 N–H and O–H groups in total. The third kappa shape index (κ3) is 3.90. The first-order chi connectivity index (χ1) is 11.7. The molecule has 25 heavy (non-hydrogen) atoms. The average molecular weight is 334 g/mol. The quantitative estimate of drug-likeness (QED) is 0.625. The second-order valence-electron chi connectivity index (χ2n) is 7.13. The van der Waals surface area contributed by atoms with E-state index in [2.05, 4.69) is 4.98 Å². The van der Waals surface area contributed by atoms with Gasteiger partial charge in [0.05, 0.1) is 6.54 Å². The van der Waals surface area contributed by atoms with Gasteiger partial charge < -0.3 is 4.74 Å². The molecule has 0 atom stereocenters. The fourth-order valence-corrected chi connectivity index (χ4v) is 2.69. The van der Waals surface area contributed by atoms with Gasteiger partial charge in [0.2, 0.25) is 5.78 Å². The number of aromatic nitrogens is 1. The van der Waals surface area contributed by atoms with Crippen LogP contribution in [0.1, 0.15) is 48.0 Å². The lowest BCUT2D eigenvalue weighted by Crippen LogP contribution is -2.33. The number of hydrogen-bond donors (Lipinski definition) is 0. The van der Waals surface area contributed by atoms with E-state index in [4.69, 9.17) is 12.6 Å². The van der Waals surface area contributed by atoms with E-state index in [0.717, 1.165) is 11.1 Å². The smallest absolute Gasteiger partial charge is 0.410 e. The first-order valence-electron chi connectivity index (χ1n) is 8.09. The number of benzene rings is 1.